The van der Waals surface area contributed by atoms with Crippen molar-refractivity contribution < 1.29 is 9.90 Å². The summed E-state index contributed by atoms with van der Waals surface area (Å²) in [5.41, 5.74) is 4.07. The lowest BCUT2D eigenvalue weighted by Crippen LogP contribution is -2.61. The number of benzene rings is 6. The largest absolute Gasteiger partial charge is 0.481 e. The fourth-order valence-corrected chi connectivity index (χ4v) is 10.5. The first-order valence-electron chi connectivity index (χ1n) is 19.8. The highest BCUT2D eigenvalue weighted by molar-refractivity contribution is 5.87. The van der Waals surface area contributed by atoms with Gasteiger partial charge in [-0.15, -0.1) is 0 Å². The highest BCUT2D eigenvalue weighted by Gasteiger charge is 2.61. The van der Waals surface area contributed by atoms with Gasteiger partial charge in [-0.05, 0) is 122 Å². The Balaban J connectivity index is 1.36. The van der Waals surface area contributed by atoms with Crippen LogP contribution in [0.5, 0.6) is 0 Å². The molecule has 1 fully saturated rings. The normalized spacial score (nSPS) is 20.8. The van der Waals surface area contributed by atoms with Crippen LogP contribution in [0, 0.1) is 59.2 Å². The standard InChI is InChI=1S/C50H56O2/c1-31(2)43(28-37-22-13-19-34-16-7-10-25-40(34)37)46-47(44(32(3)4)29-38-23-14-20-35-17-8-11-26-41(35)38)49(50(51)52)48(46)45(33(5)6)30-39-24-15-21-36-18-9-12-27-42(36)39/h7-27,31-33,43-49H,28-30H2,1-6H3,(H,51,52). The molecule has 52 heavy (non-hydrogen) atoms. The van der Waals surface area contributed by atoms with Crippen LogP contribution in [-0.4, -0.2) is 11.1 Å². The van der Waals surface area contributed by atoms with Crippen LogP contribution >= 0.6 is 0 Å². The summed E-state index contributed by atoms with van der Waals surface area (Å²) in [6, 6.07) is 46.2. The van der Waals surface area contributed by atoms with Gasteiger partial charge in [0.25, 0.3) is 0 Å². The average molecular weight is 689 g/mol. The fraction of sp³-hybridized carbons (Fsp3) is 0.380. The summed E-state index contributed by atoms with van der Waals surface area (Å²) in [6.07, 6.45) is 2.75. The van der Waals surface area contributed by atoms with E-state index in [-0.39, 0.29) is 35.5 Å². The smallest absolute Gasteiger partial charge is 0.307 e. The van der Waals surface area contributed by atoms with Gasteiger partial charge in [-0.1, -0.05) is 169 Å². The Morgan fingerprint density at radius 2 is 0.731 bits per heavy atom. The van der Waals surface area contributed by atoms with Crippen molar-refractivity contribution in [2.24, 2.45) is 59.2 Å². The van der Waals surface area contributed by atoms with E-state index in [1.807, 2.05) is 0 Å². The molecule has 0 bridgehead atoms. The van der Waals surface area contributed by atoms with Crippen LogP contribution in [0.3, 0.4) is 0 Å². The lowest BCUT2D eigenvalue weighted by molar-refractivity contribution is -0.184. The number of carboxylic acid groups (broad SMARTS) is 1. The number of carboxylic acids is 1. The van der Waals surface area contributed by atoms with Gasteiger partial charge in [-0.2, -0.15) is 0 Å². The first-order chi connectivity index (χ1) is 25.1. The summed E-state index contributed by atoms with van der Waals surface area (Å²) in [5.74, 6) is 1.37. The molecule has 6 aromatic rings. The molecule has 2 nitrogen and oxygen atoms in total. The van der Waals surface area contributed by atoms with Crippen LogP contribution in [0.25, 0.3) is 32.3 Å². The van der Waals surface area contributed by atoms with Crippen LogP contribution in [-0.2, 0) is 24.1 Å². The highest BCUT2D eigenvalue weighted by atomic mass is 16.4. The SMILES string of the molecule is CC(C)C(Cc1cccc2ccccc12)C1C(C(=O)O)C(C(Cc2cccc3ccccc23)C(C)C)C1C(Cc1cccc2ccccc12)C(C)C. The number of carbonyl (C=O) groups is 1. The summed E-state index contributed by atoms with van der Waals surface area (Å²) >= 11 is 0. The topological polar surface area (TPSA) is 37.3 Å². The van der Waals surface area contributed by atoms with Crippen LogP contribution in [0.1, 0.15) is 58.2 Å². The van der Waals surface area contributed by atoms with Crippen LogP contribution in [0.4, 0.5) is 0 Å². The van der Waals surface area contributed by atoms with E-state index >= 15 is 0 Å². The summed E-state index contributed by atoms with van der Waals surface area (Å²) in [5, 5.41) is 19.1. The highest BCUT2D eigenvalue weighted by Crippen LogP contribution is 2.61. The Labute approximate surface area is 311 Å². The molecule has 0 aromatic heterocycles. The van der Waals surface area contributed by atoms with Crippen molar-refractivity contribution in [3.05, 3.63) is 144 Å². The Bertz CT molecular complexity index is 2040. The molecule has 0 saturated heterocycles. The molecule has 2 heteroatoms. The van der Waals surface area contributed by atoms with Gasteiger partial charge in [-0.25, -0.2) is 0 Å². The molecule has 0 radical (unpaired) electrons. The van der Waals surface area contributed by atoms with E-state index in [0.29, 0.717) is 23.7 Å². The third-order valence-corrected chi connectivity index (χ3v) is 13.1. The molecule has 6 aromatic carbocycles. The molecule has 7 rings (SSSR count). The number of aliphatic carboxylic acids is 1. The number of fused-ring (bicyclic) bond motifs is 3. The molecule has 0 aliphatic heterocycles. The van der Waals surface area contributed by atoms with Gasteiger partial charge < -0.3 is 5.11 Å². The third-order valence-electron chi connectivity index (χ3n) is 13.1. The number of hydrogen-bond acceptors (Lipinski definition) is 1. The second-order valence-electron chi connectivity index (χ2n) is 16.8. The molecule has 268 valence electrons. The van der Waals surface area contributed by atoms with Crippen LogP contribution in [0.15, 0.2) is 127 Å². The summed E-state index contributed by atoms with van der Waals surface area (Å²) in [7, 11) is 0. The van der Waals surface area contributed by atoms with E-state index in [1.165, 1.54) is 49.0 Å². The molecule has 1 N–H and O–H groups in total. The Morgan fingerprint density at radius 3 is 1.04 bits per heavy atom. The van der Waals surface area contributed by atoms with E-state index in [9.17, 15) is 9.90 Å². The fourth-order valence-electron chi connectivity index (χ4n) is 10.5. The zero-order valence-corrected chi connectivity index (χ0v) is 31.9. The molecule has 0 spiro atoms. The lowest BCUT2D eigenvalue weighted by atomic mass is 9.42. The molecule has 1 saturated carbocycles. The second-order valence-corrected chi connectivity index (χ2v) is 16.8. The summed E-state index contributed by atoms with van der Waals surface area (Å²) in [4.78, 5) is 13.9. The maximum atomic E-state index is 13.9. The third kappa shape index (κ3) is 6.90. The van der Waals surface area contributed by atoms with Crippen molar-refractivity contribution in [3.63, 3.8) is 0 Å². The molecule has 1 aliphatic rings. The number of rotatable bonds is 13. The van der Waals surface area contributed by atoms with Crippen molar-refractivity contribution in [3.8, 4) is 0 Å². The van der Waals surface area contributed by atoms with E-state index in [1.54, 1.807) is 0 Å². The Morgan fingerprint density at radius 1 is 0.442 bits per heavy atom. The quantitative estimate of drug-likeness (QED) is 0.131. The van der Waals surface area contributed by atoms with E-state index in [2.05, 4.69) is 169 Å². The summed E-state index contributed by atoms with van der Waals surface area (Å²) in [6.45, 7) is 14.1. The van der Waals surface area contributed by atoms with Gasteiger partial charge in [-0.3, -0.25) is 4.79 Å². The van der Waals surface area contributed by atoms with Crippen molar-refractivity contribution in [2.75, 3.05) is 0 Å². The predicted octanol–water partition coefficient (Wildman–Crippen LogP) is 12.6. The van der Waals surface area contributed by atoms with Gasteiger partial charge >= 0.3 is 5.97 Å². The van der Waals surface area contributed by atoms with Crippen molar-refractivity contribution in [2.45, 2.75) is 60.8 Å². The molecule has 0 amide bonds. The molecular weight excluding hydrogens is 633 g/mol. The number of hydrogen-bond donors (Lipinski definition) is 1. The van der Waals surface area contributed by atoms with Gasteiger partial charge in [0, 0.05) is 0 Å². The minimum atomic E-state index is -0.606. The van der Waals surface area contributed by atoms with Crippen molar-refractivity contribution in [1.82, 2.24) is 0 Å². The van der Waals surface area contributed by atoms with Crippen molar-refractivity contribution in [1.29, 1.82) is 0 Å². The molecule has 0 heterocycles. The average Bonchev–Trinajstić information content (AvgIpc) is 3.13. The first kappa shape index (κ1) is 36.0. The summed E-state index contributed by atoms with van der Waals surface area (Å²) < 4.78 is 0. The Hall–Kier alpha value is -4.43. The van der Waals surface area contributed by atoms with E-state index < -0.39 is 5.97 Å². The minimum Gasteiger partial charge on any atom is -0.481 e. The first-order valence-corrected chi connectivity index (χ1v) is 19.8. The molecular formula is C50H56O2. The maximum absolute atomic E-state index is 13.9. The van der Waals surface area contributed by atoms with E-state index in [4.69, 9.17) is 0 Å². The zero-order chi connectivity index (χ0) is 36.5. The van der Waals surface area contributed by atoms with Crippen LogP contribution in [0.2, 0.25) is 0 Å². The second kappa shape index (κ2) is 15.3. The van der Waals surface area contributed by atoms with E-state index in [0.717, 1.165) is 19.3 Å². The lowest BCUT2D eigenvalue weighted by Gasteiger charge is -2.61. The molecule has 5 unspecified atom stereocenters. The molecule has 1 aliphatic carbocycles. The van der Waals surface area contributed by atoms with Gasteiger partial charge in [0.15, 0.2) is 0 Å². The zero-order valence-electron chi connectivity index (χ0n) is 31.9. The van der Waals surface area contributed by atoms with Crippen molar-refractivity contribution >= 4 is 38.3 Å². The molecule has 5 atom stereocenters. The van der Waals surface area contributed by atoms with Gasteiger partial charge in [0.2, 0.25) is 0 Å². The predicted molar refractivity (Wildman–Crippen MR) is 220 cm³/mol. The van der Waals surface area contributed by atoms with Crippen LogP contribution < -0.4 is 0 Å². The maximum Gasteiger partial charge on any atom is 0.307 e. The monoisotopic (exact) mass is 688 g/mol. The van der Waals surface area contributed by atoms with Gasteiger partial charge in [0.05, 0.1) is 5.92 Å². The Kier molecular flexibility index (Phi) is 10.6. The van der Waals surface area contributed by atoms with Gasteiger partial charge in [0.1, 0.15) is 0 Å². The minimum absolute atomic E-state index is 0.0811.